The Bertz CT molecular complexity index is 532. The molecule has 1 aromatic carbocycles. The number of halogens is 1. The van der Waals surface area contributed by atoms with Crippen molar-refractivity contribution >= 4 is 27.8 Å². The Morgan fingerprint density at radius 1 is 1.50 bits per heavy atom. The Hall–Kier alpha value is -1.40. The fourth-order valence-electron chi connectivity index (χ4n) is 2.23. The SMILES string of the molecule is Cc1c(Br)cccc1C(=O)N1CCO[C@H](CC(=O)O)C1. The van der Waals surface area contributed by atoms with Gasteiger partial charge in [0.2, 0.25) is 0 Å². The molecule has 0 unspecified atom stereocenters. The largest absolute Gasteiger partial charge is 0.481 e. The summed E-state index contributed by atoms with van der Waals surface area (Å²) >= 11 is 3.41. The van der Waals surface area contributed by atoms with E-state index in [0.717, 1.165) is 10.0 Å². The van der Waals surface area contributed by atoms with Crippen molar-refractivity contribution in [3.05, 3.63) is 33.8 Å². The first kappa shape index (κ1) is 15.0. The van der Waals surface area contributed by atoms with Crippen molar-refractivity contribution < 1.29 is 19.4 Å². The Kier molecular flexibility index (Phi) is 4.77. The van der Waals surface area contributed by atoms with Crippen molar-refractivity contribution in [1.29, 1.82) is 0 Å². The number of ether oxygens (including phenoxy) is 1. The fourth-order valence-corrected chi connectivity index (χ4v) is 2.60. The second kappa shape index (κ2) is 6.37. The lowest BCUT2D eigenvalue weighted by Crippen LogP contribution is -2.46. The minimum absolute atomic E-state index is 0.0810. The molecule has 0 aromatic heterocycles. The number of amides is 1. The Balaban J connectivity index is 2.12. The normalized spacial score (nSPS) is 18.9. The quantitative estimate of drug-likeness (QED) is 0.913. The zero-order valence-corrected chi connectivity index (χ0v) is 12.7. The lowest BCUT2D eigenvalue weighted by Gasteiger charge is -2.32. The Labute approximate surface area is 125 Å². The zero-order valence-electron chi connectivity index (χ0n) is 11.1. The first-order valence-corrected chi connectivity index (χ1v) is 7.16. The molecule has 1 aliphatic heterocycles. The number of benzene rings is 1. The highest BCUT2D eigenvalue weighted by Crippen LogP contribution is 2.22. The maximum absolute atomic E-state index is 12.5. The van der Waals surface area contributed by atoms with Crippen LogP contribution in [0.4, 0.5) is 0 Å². The van der Waals surface area contributed by atoms with Crippen molar-refractivity contribution in [1.82, 2.24) is 4.90 Å². The number of rotatable bonds is 3. The van der Waals surface area contributed by atoms with Gasteiger partial charge in [-0.05, 0) is 24.6 Å². The second-order valence-corrected chi connectivity index (χ2v) is 5.61. The lowest BCUT2D eigenvalue weighted by molar-refractivity contribution is -0.141. The van der Waals surface area contributed by atoms with E-state index in [4.69, 9.17) is 9.84 Å². The number of hydrogen-bond donors (Lipinski definition) is 1. The summed E-state index contributed by atoms with van der Waals surface area (Å²) in [7, 11) is 0. The molecule has 1 saturated heterocycles. The van der Waals surface area contributed by atoms with E-state index in [2.05, 4.69) is 15.9 Å². The molecule has 1 amide bonds. The molecule has 5 nitrogen and oxygen atoms in total. The number of carboxylic acids is 1. The highest BCUT2D eigenvalue weighted by molar-refractivity contribution is 9.10. The first-order chi connectivity index (χ1) is 9.49. The molecule has 1 fully saturated rings. The van der Waals surface area contributed by atoms with E-state index in [1.807, 2.05) is 19.1 Å². The molecule has 1 aliphatic rings. The van der Waals surface area contributed by atoms with Gasteiger partial charge in [-0.15, -0.1) is 0 Å². The molecule has 1 aromatic rings. The highest BCUT2D eigenvalue weighted by Gasteiger charge is 2.27. The van der Waals surface area contributed by atoms with Crippen LogP contribution in [0.5, 0.6) is 0 Å². The summed E-state index contributed by atoms with van der Waals surface area (Å²) in [6, 6.07) is 5.49. The average molecular weight is 342 g/mol. The maximum atomic E-state index is 12.5. The predicted molar refractivity (Wildman–Crippen MR) is 76.8 cm³/mol. The van der Waals surface area contributed by atoms with Crippen molar-refractivity contribution in [3.63, 3.8) is 0 Å². The van der Waals surface area contributed by atoms with Crippen molar-refractivity contribution in [2.45, 2.75) is 19.4 Å². The van der Waals surface area contributed by atoms with E-state index in [1.165, 1.54) is 0 Å². The summed E-state index contributed by atoms with van der Waals surface area (Å²) in [5.74, 6) is -0.995. The van der Waals surface area contributed by atoms with Crippen LogP contribution in [-0.4, -0.2) is 47.7 Å². The van der Waals surface area contributed by atoms with Gasteiger partial charge in [-0.2, -0.15) is 0 Å². The second-order valence-electron chi connectivity index (χ2n) is 4.75. The third kappa shape index (κ3) is 3.37. The monoisotopic (exact) mass is 341 g/mol. The number of hydrogen-bond acceptors (Lipinski definition) is 3. The van der Waals surface area contributed by atoms with Gasteiger partial charge in [0.1, 0.15) is 0 Å². The van der Waals surface area contributed by atoms with Crippen LogP contribution in [0.1, 0.15) is 22.3 Å². The minimum Gasteiger partial charge on any atom is -0.481 e. The van der Waals surface area contributed by atoms with Gasteiger partial charge in [-0.3, -0.25) is 9.59 Å². The molecule has 0 radical (unpaired) electrons. The number of nitrogens with zero attached hydrogens (tertiary/aromatic N) is 1. The Morgan fingerprint density at radius 3 is 2.95 bits per heavy atom. The summed E-state index contributed by atoms with van der Waals surface area (Å²) in [4.78, 5) is 24.9. The van der Waals surface area contributed by atoms with E-state index in [9.17, 15) is 9.59 Å². The summed E-state index contributed by atoms with van der Waals surface area (Å²) < 4.78 is 6.26. The third-order valence-electron chi connectivity index (χ3n) is 3.33. The van der Waals surface area contributed by atoms with Crippen LogP contribution in [-0.2, 0) is 9.53 Å². The Morgan fingerprint density at radius 2 is 2.25 bits per heavy atom. The van der Waals surface area contributed by atoms with Gasteiger partial charge in [-0.25, -0.2) is 0 Å². The predicted octanol–water partition coefficient (Wildman–Crippen LogP) is 2.07. The molecule has 2 rings (SSSR count). The van der Waals surface area contributed by atoms with Crippen LogP contribution < -0.4 is 0 Å². The third-order valence-corrected chi connectivity index (χ3v) is 4.19. The molecule has 0 saturated carbocycles. The topological polar surface area (TPSA) is 66.8 Å². The summed E-state index contributed by atoms with van der Waals surface area (Å²) in [6.07, 6.45) is -0.515. The van der Waals surface area contributed by atoms with Gasteiger partial charge in [0, 0.05) is 23.1 Å². The van der Waals surface area contributed by atoms with E-state index >= 15 is 0 Å². The van der Waals surface area contributed by atoms with Gasteiger partial charge >= 0.3 is 5.97 Å². The molecular formula is C14H16BrNO4. The zero-order chi connectivity index (χ0) is 14.7. The van der Waals surface area contributed by atoms with Crippen LogP contribution >= 0.6 is 15.9 Å². The maximum Gasteiger partial charge on any atom is 0.306 e. The molecule has 1 N–H and O–H groups in total. The molecule has 20 heavy (non-hydrogen) atoms. The summed E-state index contributed by atoms with van der Waals surface area (Å²) in [5.41, 5.74) is 1.52. The fraction of sp³-hybridized carbons (Fsp3) is 0.429. The average Bonchev–Trinajstić information content (AvgIpc) is 2.41. The van der Waals surface area contributed by atoms with Crippen LogP contribution in [0.3, 0.4) is 0 Å². The van der Waals surface area contributed by atoms with Crippen LogP contribution in [0.2, 0.25) is 0 Å². The van der Waals surface area contributed by atoms with E-state index < -0.39 is 12.1 Å². The van der Waals surface area contributed by atoms with Crippen molar-refractivity contribution in [2.24, 2.45) is 0 Å². The minimum atomic E-state index is -0.914. The first-order valence-electron chi connectivity index (χ1n) is 6.37. The molecule has 0 spiro atoms. The van der Waals surface area contributed by atoms with E-state index in [1.54, 1.807) is 11.0 Å². The number of aliphatic carboxylic acids is 1. The van der Waals surface area contributed by atoms with Gasteiger partial charge in [0.25, 0.3) is 5.91 Å². The van der Waals surface area contributed by atoms with E-state index in [0.29, 0.717) is 25.3 Å². The molecular weight excluding hydrogens is 326 g/mol. The van der Waals surface area contributed by atoms with Crippen LogP contribution in [0.15, 0.2) is 22.7 Å². The van der Waals surface area contributed by atoms with Gasteiger partial charge < -0.3 is 14.7 Å². The molecule has 0 aliphatic carbocycles. The van der Waals surface area contributed by atoms with Gasteiger partial charge in [0.05, 0.1) is 19.1 Å². The van der Waals surface area contributed by atoms with Gasteiger partial charge in [-0.1, -0.05) is 22.0 Å². The molecule has 0 bridgehead atoms. The van der Waals surface area contributed by atoms with Gasteiger partial charge in [0.15, 0.2) is 0 Å². The molecule has 108 valence electrons. The summed E-state index contributed by atoms with van der Waals surface area (Å²) in [6.45, 7) is 3.06. The number of morpholine rings is 1. The number of carbonyl (C=O) groups is 2. The van der Waals surface area contributed by atoms with E-state index in [-0.39, 0.29) is 12.3 Å². The van der Waals surface area contributed by atoms with Crippen LogP contribution in [0.25, 0.3) is 0 Å². The number of carbonyl (C=O) groups excluding carboxylic acids is 1. The van der Waals surface area contributed by atoms with Crippen molar-refractivity contribution in [3.8, 4) is 0 Å². The number of carboxylic acid groups (broad SMARTS) is 1. The highest BCUT2D eigenvalue weighted by atomic mass is 79.9. The smallest absolute Gasteiger partial charge is 0.306 e. The molecule has 1 atom stereocenters. The lowest BCUT2D eigenvalue weighted by atomic mass is 10.1. The van der Waals surface area contributed by atoms with Crippen LogP contribution in [0, 0.1) is 6.92 Å². The van der Waals surface area contributed by atoms with Crippen molar-refractivity contribution in [2.75, 3.05) is 19.7 Å². The molecule has 6 heteroatoms. The molecule has 1 heterocycles. The summed E-state index contributed by atoms with van der Waals surface area (Å²) in [5, 5.41) is 8.80. The standard InChI is InChI=1S/C14H16BrNO4/c1-9-11(3-2-4-12(9)15)14(19)16-5-6-20-10(8-16)7-13(17)18/h2-4,10H,5-8H2,1H3,(H,17,18)/t10-/m1/s1.